The van der Waals surface area contributed by atoms with Crippen molar-refractivity contribution in [1.82, 2.24) is 0 Å². The van der Waals surface area contributed by atoms with E-state index in [1.54, 1.807) is 0 Å². The van der Waals surface area contributed by atoms with Crippen LogP contribution in [0.3, 0.4) is 0 Å². The summed E-state index contributed by atoms with van der Waals surface area (Å²) in [7, 11) is 0.238. The Bertz CT molecular complexity index is 201. The van der Waals surface area contributed by atoms with E-state index in [4.69, 9.17) is 0 Å². The summed E-state index contributed by atoms with van der Waals surface area (Å²) in [5.74, 6) is 0. The van der Waals surface area contributed by atoms with Crippen LogP contribution in [0.2, 0.25) is 0 Å². The molecule has 0 spiro atoms. The molecule has 0 N–H and O–H groups in total. The van der Waals surface area contributed by atoms with Crippen LogP contribution in [-0.4, -0.2) is 6.26 Å². The Morgan fingerprint density at radius 2 is 1.90 bits per heavy atom. The second-order valence-corrected chi connectivity index (χ2v) is 6.17. The molecule has 0 saturated heterocycles. The fourth-order valence-corrected chi connectivity index (χ4v) is 0.884. The molecule has 0 aliphatic heterocycles. The zero-order valence-corrected chi connectivity index (χ0v) is 8.64. The molecule has 0 radical (unpaired) electrons. The minimum atomic E-state index is 0.238. The summed E-state index contributed by atoms with van der Waals surface area (Å²) in [5, 5.41) is 0. The fourth-order valence-electron chi connectivity index (χ4n) is 0.334. The Labute approximate surface area is 73.3 Å². The molecule has 0 rings (SSSR count). The van der Waals surface area contributed by atoms with Crippen LogP contribution in [0.15, 0.2) is 35.8 Å². The molecule has 0 bridgehead atoms. The molecule has 0 saturated carbocycles. The molecule has 0 aromatic rings. The summed E-state index contributed by atoms with van der Waals surface area (Å²) in [6, 6.07) is 0. The molecule has 0 fully saturated rings. The molecule has 0 heterocycles. The van der Waals surface area contributed by atoms with Gasteiger partial charge in [0, 0.05) is 0 Å². The molecule has 0 aromatic carbocycles. The maximum absolute atomic E-state index is 3.89. The zero-order chi connectivity index (χ0) is 8.15. The van der Waals surface area contributed by atoms with Crippen molar-refractivity contribution in [1.29, 1.82) is 0 Å². The standard InChI is InChI=1S/C8H12S.V/c1-7(2)5-6-8(3)9-4;/h5-6H,1,3H2,2,4H3;/b6-5-;. The average Bonchev–Trinajstić information content (AvgIpc) is 1.82. The van der Waals surface area contributed by atoms with Crippen LogP contribution in [-0.2, 0) is 15.7 Å². The first-order valence-corrected chi connectivity index (χ1v) is 6.21. The fraction of sp³-hybridized carbons (Fsp3) is 0.250. The second-order valence-electron chi connectivity index (χ2n) is 2.12. The summed E-state index contributed by atoms with van der Waals surface area (Å²) >= 11 is 2.58. The van der Waals surface area contributed by atoms with Crippen LogP contribution in [0.25, 0.3) is 0 Å². The van der Waals surface area contributed by atoms with Gasteiger partial charge in [0.05, 0.1) is 0 Å². The van der Waals surface area contributed by atoms with E-state index in [0.717, 1.165) is 10.5 Å². The molecule has 0 aliphatic rings. The Morgan fingerprint density at radius 1 is 1.40 bits per heavy atom. The Balaban J connectivity index is 4.03. The van der Waals surface area contributed by atoms with Crippen molar-refractivity contribution >= 4 is 8.55 Å². The Hall–Kier alpha value is 0.154. The molecular weight excluding hydrogens is 179 g/mol. The van der Waals surface area contributed by atoms with Crippen LogP contribution >= 0.6 is 8.55 Å². The van der Waals surface area contributed by atoms with E-state index in [0.29, 0.717) is 0 Å². The Kier molecular flexibility index (Phi) is 4.97. The topological polar surface area (TPSA) is 0 Å². The summed E-state index contributed by atoms with van der Waals surface area (Å²) < 4.78 is 0. The SMILES string of the molecule is C=C(C)/C=C\C(=C)[S](C)=[V]. The number of allylic oxidation sites excluding steroid dienone is 3. The third kappa shape index (κ3) is 4.98. The van der Waals surface area contributed by atoms with E-state index in [2.05, 4.69) is 35.1 Å². The van der Waals surface area contributed by atoms with Gasteiger partial charge < -0.3 is 0 Å². The normalized spacial score (nSPS) is 13.3. The van der Waals surface area contributed by atoms with Gasteiger partial charge in [-0.2, -0.15) is 0 Å². The number of rotatable bonds is 3. The van der Waals surface area contributed by atoms with Gasteiger partial charge in [0.2, 0.25) is 0 Å². The predicted molar refractivity (Wildman–Crippen MR) is 46.6 cm³/mol. The van der Waals surface area contributed by atoms with Crippen molar-refractivity contribution < 1.29 is 15.7 Å². The first-order valence-electron chi connectivity index (χ1n) is 2.91. The molecule has 2 heteroatoms. The monoisotopic (exact) mass is 191 g/mol. The summed E-state index contributed by atoms with van der Waals surface area (Å²) in [5.41, 5.74) is 1.07. The van der Waals surface area contributed by atoms with Gasteiger partial charge in [0.1, 0.15) is 0 Å². The van der Waals surface area contributed by atoms with Crippen molar-refractivity contribution in [2.45, 2.75) is 6.92 Å². The molecule has 0 aliphatic carbocycles. The summed E-state index contributed by atoms with van der Waals surface area (Å²) in [4.78, 5) is 1.16. The van der Waals surface area contributed by atoms with E-state index in [1.165, 1.54) is 0 Å². The first-order chi connectivity index (χ1) is 4.54. The van der Waals surface area contributed by atoms with Gasteiger partial charge >= 0.3 is 73.2 Å². The van der Waals surface area contributed by atoms with Crippen molar-refractivity contribution in [2.75, 3.05) is 6.26 Å². The quantitative estimate of drug-likeness (QED) is 0.601. The van der Waals surface area contributed by atoms with Crippen molar-refractivity contribution in [3.05, 3.63) is 35.8 Å². The van der Waals surface area contributed by atoms with Gasteiger partial charge in [-0.15, -0.1) is 0 Å². The van der Waals surface area contributed by atoms with Crippen LogP contribution in [0.1, 0.15) is 6.92 Å². The van der Waals surface area contributed by atoms with E-state index < -0.39 is 0 Å². The molecule has 1 atom stereocenters. The predicted octanol–water partition coefficient (Wildman–Crippen LogP) is 2.99. The van der Waals surface area contributed by atoms with E-state index >= 15 is 0 Å². The second kappa shape index (κ2) is 4.89. The van der Waals surface area contributed by atoms with Gasteiger partial charge in [-0.1, -0.05) is 0 Å². The summed E-state index contributed by atoms with van der Waals surface area (Å²) in [6.07, 6.45) is 6.13. The van der Waals surface area contributed by atoms with Crippen molar-refractivity contribution in [3.63, 3.8) is 0 Å². The van der Waals surface area contributed by atoms with Crippen LogP contribution in [0, 0.1) is 0 Å². The van der Waals surface area contributed by atoms with Gasteiger partial charge in [-0.25, -0.2) is 0 Å². The maximum atomic E-state index is 3.89. The molecule has 1 unspecified atom stereocenters. The third-order valence-corrected chi connectivity index (χ3v) is 2.93. The van der Waals surface area contributed by atoms with Gasteiger partial charge in [-0.05, 0) is 0 Å². The van der Waals surface area contributed by atoms with Crippen LogP contribution < -0.4 is 0 Å². The molecule has 0 aromatic heterocycles. The van der Waals surface area contributed by atoms with Gasteiger partial charge in [0.25, 0.3) is 0 Å². The van der Waals surface area contributed by atoms with Gasteiger partial charge in [-0.3, -0.25) is 0 Å². The van der Waals surface area contributed by atoms with E-state index in [9.17, 15) is 0 Å². The zero-order valence-electron chi connectivity index (χ0n) is 6.42. The Morgan fingerprint density at radius 3 is 2.20 bits per heavy atom. The van der Waals surface area contributed by atoms with Crippen LogP contribution in [0.4, 0.5) is 0 Å². The van der Waals surface area contributed by atoms with Crippen LogP contribution in [0.5, 0.6) is 0 Å². The number of hydrogen-bond donors (Lipinski definition) is 0. The van der Waals surface area contributed by atoms with E-state index in [-0.39, 0.29) is 8.55 Å². The van der Waals surface area contributed by atoms with Crippen molar-refractivity contribution in [2.24, 2.45) is 0 Å². The first kappa shape index (κ1) is 10.2. The third-order valence-electron chi connectivity index (χ3n) is 0.933. The molecular formula is C8H12SV. The molecule has 0 amide bonds. The average molecular weight is 191 g/mol. The summed E-state index contributed by atoms with van der Waals surface area (Å²) in [6.45, 7) is 9.63. The van der Waals surface area contributed by atoms with Gasteiger partial charge in [0.15, 0.2) is 0 Å². The molecule has 55 valence electrons. The molecule has 0 nitrogen and oxygen atoms in total. The van der Waals surface area contributed by atoms with E-state index in [1.807, 2.05) is 19.1 Å². The van der Waals surface area contributed by atoms with Crippen molar-refractivity contribution in [3.8, 4) is 0 Å². The minimum absolute atomic E-state index is 0.238. The number of hydrogen-bond acceptors (Lipinski definition) is 0. The molecule has 10 heavy (non-hydrogen) atoms.